The Kier molecular flexibility index (Phi) is 3.03. The maximum absolute atomic E-state index is 4.31. The van der Waals surface area contributed by atoms with Gasteiger partial charge in [-0.15, -0.1) is 0 Å². The summed E-state index contributed by atoms with van der Waals surface area (Å²) in [6, 6.07) is 0.597. The fourth-order valence-corrected chi connectivity index (χ4v) is 2.14. The van der Waals surface area contributed by atoms with Crippen molar-refractivity contribution in [3.63, 3.8) is 0 Å². The molecule has 2 heterocycles. The van der Waals surface area contributed by atoms with Gasteiger partial charge in [0.05, 0.1) is 0 Å². The molecule has 0 aromatic carbocycles. The number of anilines is 1. The highest BCUT2D eigenvalue weighted by Gasteiger charge is 2.23. The molecule has 0 radical (unpaired) electrons. The summed E-state index contributed by atoms with van der Waals surface area (Å²) in [5.74, 6) is 1.02. The summed E-state index contributed by atoms with van der Waals surface area (Å²) < 4.78 is 0. The van der Waals surface area contributed by atoms with Crippen molar-refractivity contribution in [3.05, 3.63) is 12.4 Å². The van der Waals surface area contributed by atoms with Crippen LogP contribution in [0, 0.1) is 0 Å². The minimum atomic E-state index is 0.597. The lowest BCUT2D eigenvalue weighted by Crippen LogP contribution is -2.45. The molecular formula is C10H18N4. The molecule has 1 aliphatic heterocycles. The fourth-order valence-electron chi connectivity index (χ4n) is 2.14. The van der Waals surface area contributed by atoms with Gasteiger partial charge in [-0.25, -0.2) is 4.98 Å². The molecule has 1 aromatic heterocycles. The first-order valence-electron chi connectivity index (χ1n) is 5.32. The zero-order valence-corrected chi connectivity index (χ0v) is 8.66. The molecule has 1 aliphatic rings. The zero-order valence-electron chi connectivity index (χ0n) is 8.66. The Morgan fingerprint density at radius 2 is 2.57 bits per heavy atom. The van der Waals surface area contributed by atoms with Crippen LogP contribution in [0.25, 0.3) is 0 Å². The zero-order chi connectivity index (χ0) is 9.80. The molecule has 14 heavy (non-hydrogen) atoms. The van der Waals surface area contributed by atoms with Gasteiger partial charge in [-0.05, 0) is 26.3 Å². The molecule has 0 bridgehead atoms. The number of H-pyrrole nitrogens is 1. The van der Waals surface area contributed by atoms with E-state index in [4.69, 9.17) is 0 Å². The summed E-state index contributed by atoms with van der Waals surface area (Å²) in [5, 5.41) is 3.25. The van der Waals surface area contributed by atoms with Gasteiger partial charge in [0.2, 0.25) is 5.95 Å². The maximum Gasteiger partial charge on any atom is 0.203 e. The lowest BCUT2D eigenvalue weighted by atomic mass is 10.0. The van der Waals surface area contributed by atoms with Crippen molar-refractivity contribution >= 4 is 5.95 Å². The predicted molar refractivity (Wildman–Crippen MR) is 57.5 cm³/mol. The molecule has 0 aliphatic carbocycles. The Bertz CT molecular complexity index is 255. The van der Waals surface area contributed by atoms with Crippen LogP contribution in [0.1, 0.15) is 19.3 Å². The van der Waals surface area contributed by atoms with Crippen LogP contribution in [0.15, 0.2) is 12.4 Å². The van der Waals surface area contributed by atoms with E-state index in [0.717, 1.165) is 19.0 Å². The summed E-state index contributed by atoms with van der Waals surface area (Å²) in [6.07, 6.45) is 7.59. The lowest BCUT2D eigenvalue weighted by Gasteiger charge is -2.35. The summed E-state index contributed by atoms with van der Waals surface area (Å²) in [6.45, 7) is 2.17. The number of hydrogen-bond donors (Lipinski definition) is 2. The SMILES string of the molecule is CNCC1CCCCN1c1ncc[nH]1. The van der Waals surface area contributed by atoms with E-state index in [2.05, 4.69) is 20.2 Å². The number of nitrogens with zero attached hydrogens (tertiary/aromatic N) is 2. The van der Waals surface area contributed by atoms with Crippen LogP contribution in [0.4, 0.5) is 5.95 Å². The number of aromatic nitrogens is 2. The third-order valence-electron chi connectivity index (χ3n) is 2.82. The van der Waals surface area contributed by atoms with Crippen molar-refractivity contribution in [1.29, 1.82) is 0 Å². The molecule has 0 spiro atoms. The molecule has 0 amide bonds. The first-order valence-corrected chi connectivity index (χ1v) is 5.32. The van der Waals surface area contributed by atoms with Crippen LogP contribution in [-0.2, 0) is 0 Å². The maximum atomic E-state index is 4.31. The van der Waals surface area contributed by atoms with E-state index in [1.165, 1.54) is 19.3 Å². The van der Waals surface area contributed by atoms with Gasteiger partial charge < -0.3 is 15.2 Å². The van der Waals surface area contributed by atoms with Gasteiger partial charge >= 0.3 is 0 Å². The highest BCUT2D eigenvalue weighted by molar-refractivity contribution is 5.31. The Morgan fingerprint density at radius 3 is 3.29 bits per heavy atom. The van der Waals surface area contributed by atoms with Crippen molar-refractivity contribution in [2.75, 3.05) is 25.0 Å². The molecule has 2 rings (SSSR count). The van der Waals surface area contributed by atoms with E-state index >= 15 is 0 Å². The second-order valence-corrected chi connectivity index (χ2v) is 3.81. The van der Waals surface area contributed by atoms with E-state index < -0.39 is 0 Å². The van der Waals surface area contributed by atoms with Gasteiger partial charge in [0.1, 0.15) is 0 Å². The minimum absolute atomic E-state index is 0.597. The van der Waals surface area contributed by atoms with E-state index in [-0.39, 0.29) is 0 Å². The van der Waals surface area contributed by atoms with E-state index in [0.29, 0.717) is 6.04 Å². The molecule has 1 fully saturated rings. The highest BCUT2D eigenvalue weighted by Crippen LogP contribution is 2.20. The molecule has 1 atom stereocenters. The first-order chi connectivity index (χ1) is 6.92. The first kappa shape index (κ1) is 9.52. The molecular weight excluding hydrogens is 176 g/mol. The predicted octanol–water partition coefficient (Wildman–Crippen LogP) is 0.988. The van der Waals surface area contributed by atoms with Gasteiger partial charge in [-0.2, -0.15) is 0 Å². The standard InChI is InChI=1S/C10H18N4/c1-11-8-9-4-2-3-7-14(9)10-12-5-6-13-10/h5-6,9,11H,2-4,7-8H2,1H3,(H,12,13). The van der Waals surface area contributed by atoms with Crippen LogP contribution in [0.3, 0.4) is 0 Å². The van der Waals surface area contributed by atoms with Crippen LogP contribution < -0.4 is 10.2 Å². The molecule has 4 nitrogen and oxygen atoms in total. The number of likely N-dealkylation sites (N-methyl/N-ethyl adjacent to an activating group) is 1. The van der Waals surface area contributed by atoms with Crippen LogP contribution >= 0.6 is 0 Å². The van der Waals surface area contributed by atoms with Gasteiger partial charge in [0.15, 0.2) is 0 Å². The third-order valence-corrected chi connectivity index (χ3v) is 2.82. The van der Waals surface area contributed by atoms with Crippen molar-refractivity contribution in [2.45, 2.75) is 25.3 Å². The number of rotatable bonds is 3. The largest absolute Gasteiger partial charge is 0.338 e. The molecule has 1 unspecified atom stereocenters. The second-order valence-electron chi connectivity index (χ2n) is 3.81. The van der Waals surface area contributed by atoms with Gasteiger partial charge in [-0.3, -0.25) is 0 Å². The number of hydrogen-bond acceptors (Lipinski definition) is 3. The summed E-state index contributed by atoms with van der Waals surface area (Å²) >= 11 is 0. The average Bonchev–Trinajstić information content (AvgIpc) is 2.72. The van der Waals surface area contributed by atoms with Crippen molar-refractivity contribution in [2.24, 2.45) is 0 Å². The number of piperidine rings is 1. The van der Waals surface area contributed by atoms with Crippen LogP contribution in [-0.4, -0.2) is 36.1 Å². The second kappa shape index (κ2) is 4.46. The molecule has 4 heteroatoms. The quantitative estimate of drug-likeness (QED) is 0.754. The molecule has 2 N–H and O–H groups in total. The number of imidazole rings is 1. The molecule has 78 valence electrons. The van der Waals surface area contributed by atoms with E-state index in [1.807, 2.05) is 19.4 Å². The normalized spacial score (nSPS) is 22.6. The summed E-state index contributed by atoms with van der Waals surface area (Å²) in [5.41, 5.74) is 0. The van der Waals surface area contributed by atoms with Crippen LogP contribution in [0.2, 0.25) is 0 Å². The minimum Gasteiger partial charge on any atom is -0.338 e. The van der Waals surface area contributed by atoms with Crippen molar-refractivity contribution < 1.29 is 0 Å². The topological polar surface area (TPSA) is 44.0 Å². The van der Waals surface area contributed by atoms with Gasteiger partial charge in [-0.1, -0.05) is 0 Å². The lowest BCUT2D eigenvalue weighted by molar-refractivity contribution is 0.441. The number of nitrogens with one attached hydrogen (secondary N) is 2. The van der Waals surface area contributed by atoms with Crippen molar-refractivity contribution in [1.82, 2.24) is 15.3 Å². The smallest absolute Gasteiger partial charge is 0.203 e. The van der Waals surface area contributed by atoms with E-state index in [9.17, 15) is 0 Å². The molecule has 1 saturated heterocycles. The van der Waals surface area contributed by atoms with Crippen molar-refractivity contribution in [3.8, 4) is 0 Å². The van der Waals surface area contributed by atoms with E-state index in [1.54, 1.807) is 0 Å². The Morgan fingerprint density at radius 1 is 1.64 bits per heavy atom. The summed E-state index contributed by atoms with van der Waals surface area (Å²) in [7, 11) is 2.01. The fraction of sp³-hybridized carbons (Fsp3) is 0.700. The van der Waals surface area contributed by atoms with Crippen LogP contribution in [0.5, 0.6) is 0 Å². The summed E-state index contributed by atoms with van der Waals surface area (Å²) in [4.78, 5) is 9.87. The Hall–Kier alpha value is -1.03. The average molecular weight is 194 g/mol. The van der Waals surface area contributed by atoms with Gasteiger partial charge in [0.25, 0.3) is 0 Å². The third kappa shape index (κ3) is 1.90. The van der Waals surface area contributed by atoms with Gasteiger partial charge in [0, 0.05) is 31.5 Å². The Balaban J connectivity index is 2.06. The number of aromatic amines is 1. The molecule has 1 aromatic rings. The molecule has 0 saturated carbocycles. The monoisotopic (exact) mass is 194 g/mol. The highest BCUT2D eigenvalue weighted by atomic mass is 15.3. The Labute approximate surface area is 84.7 Å².